The van der Waals surface area contributed by atoms with Crippen LogP contribution in [0.15, 0.2) is 60.8 Å². The van der Waals surface area contributed by atoms with Crippen molar-refractivity contribution in [1.29, 1.82) is 0 Å². The number of halogens is 1. The van der Waals surface area contributed by atoms with Crippen LogP contribution >= 0.6 is 0 Å². The van der Waals surface area contributed by atoms with Gasteiger partial charge in [-0.2, -0.15) is 0 Å². The molecule has 0 unspecified atom stereocenters. The number of fused-ring (bicyclic) bond motifs is 3. The predicted octanol–water partition coefficient (Wildman–Crippen LogP) is 4.52. The summed E-state index contributed by atoms with van der Waals surface area (Å²) in [5.74, 6) is -0.520. The van der Waals surface area contributed by atoms with E-state index in [4.69, 9.17) is 0 Å². The summed E-state index contributed by atoms with van der Waals surface area (Å²) in [4.78, 5) is 61.6. The first-order valence-corrected chi connectivity index (χ1v) is 17.1. The number of anilines is 2. The van der Waals surface area contributed by atoms with Crippen LogP contribution in [0.25, 0.3) is 0 Å². The maximum absolute atomic E-state index is 14.5. The summed E-state index contributed by atoms with van der Waals surface area (Å²) in [5, 5.41) is 9.12. The van der Waals surface area contributed by atoms with Crippen molar-refractivity contribution in [3.63, 3.8) is 0 Å². The summed E-state index contributed by atoms with van der Waals surface area (Å²) in [6.45, 7) is 5.69. The van der Waals surface area contributed by atoms with Gasteiger partial charge >= 0.3 is 0 Å². The number of carbonyl (C=O) groups excluding carboxylic acids is 4. The summed E-state index contributed by atoms with van der Waals surface area (Å²) in [6, 6.07) is 17.4. The molecular formula is C38H45FN6O4. The first kappa shape index (κ1) is 34.2. The largest absolute Gasteiger partial charge is 0.340 e. The zero-order valence-electron chi connectivity index (χ0n) is 28.7. The molecule has 10 nitrogen and oxygen atoms in total. The van der Waals surface area contributed by atoms with E-state index in [0.717, 1.165) is 27.8 Å². The molecule has 6 rings (SSSR count). The zero-order valence-corrected chi connectivity index (χ0v) is 28.7. The van der Waals surface area contributed by atoms with Crippen LogP contribution in [0.5, 0.6) is 0 Å². The Bertz CT molecular complexity index is 1780. The molecule has 1 spiro atoms. The standard InChI is InChI=1S/C38H45FN6O4/c1-5-37(14-17-44(18-15-37)34(48)36(2,3)39)35(49)45(23-27-10-7-6-9-26(27)22-40-4)24-31(46)42-29-13-12-25-20-38(21-28(25)19-29)30-11-8-16-41-32(30)43-33(38)47/h6-13,16,19,40H,5,14-15,17-18,20-24H2,1-4H3,(H,42,46)(H,41,43,47)/t38-/m1/s1. The van der Waals surface area contributed by atoms with Crippen molar-refractivity contribution in [2.45, 2.75) is 77.0 Å². The fourth-order valence-corrected chi connectivity index (χ4v) is 7.77. The third-order valence-corrected chi connectivity index (χ3v) is 10.6. The van der Waals surface area contributed by atoms with Gasteiger partial charge in [-0.25, -0.2) is 9.37 Å². The maximum atomic E-state index is 14.5. The van der Waals surface area contributed by atoms with Gasteiger partial charge in [-0.1, -0.05) is 43.3 Å². The van der Waals surface area contributed by atoms with E-state index in [1.54, 1.807) is 11.1 Å². The van der Waals surface area contributed by atoms with Crippen LogP contribution in [0.2, 0.25) is 0 Å². The number of benzene rings is 2. The minimum atomic E-state index is -1.99. The molecule has 258 valence electrons. The fourth-order valence-electron chi connectivity index (χ4n) is 7.77. The smallest absolute Gasteiger partial charge is 0.259 e. The number of alkyl halides is 1. The Kier molecular flexibility index (Phi) is 9.32. The number of hydrogen-bond donors (Lipinski definition) is 3. The Balaban J connectivity index is 1.21. The predicted molar refractivity (Wildman–Crippen MR) is 185 cm³/mol. The Labute approximate surface area is 286 Å². The summed E-state index contributed by atoms with van der Waals surface area (Å²) in [7, 11) is 1.86. The highest BCUT2D eigenvalue weighted by Gasteiger charge is 2.51. The number of piperidine rings is 1. The molecule has 0 radical (unpaired) electrons. The summed E-state index contributed by atoms with van der Waals surface area (Å²) in [6.07, 6.45) is 4.03. The van der Waals surface area contributed by atoms with Gasteiger partial charge in [-0.05, 0) is 93.5 Å². The minimum Gasteiger partial charge on any atom is -0.340 e. The van der Waals surface area contributed by atoms with E-state index in [2.05, 4.69) is 20.9 Å². The fraction of sp³-hybridized carbons (Fsp3) is 0.447. The van der Waals surface area contributed by atoms with Crippen molar-refractivity contribution in [3.05, 3.63) is 88.6 Å². The van der Waals surface area contributed by atoms with Crippen LogP contribution in [-0.4, -0.2) is 70.8 Å². The first-order chi connectivity index (χ1) is 23.4. The third-order valence-electron chi connectivity index (χ3n) is 10.6. The summed E-state index contributed by atoms with van der Waals surface area (Å²) < 4.78 is 14.5. The molecule has 1 aliphatic carbocycles. The molecule has 0 saturated carbocycles. The lowest BCUT2D eigenvalue weighted by Crippen LogP contribution is -2.54. The Morgan fingerprint density at radius 1 is 1.02 bits per heavy atom. The van der Waals surface area contributed by atoms with Crippen LogP contribution in [0.4, 0.5) is 15.9 Å². The Morgan fingerprint density at radius 3 is 2.43 bits per heavy atom. The highest BCUT2D eigenvalue weighted by Crippen LogP contribution is 2.47. The Morgan fingerprint density at radius 2 is 1.73 bits per heavy atom. The number of pyridine rings is 1. The van der Waals surface area contributed by atoms with Crippen molar-refractivity contribution in [3.8, 4) is 0 Å². The maximum Gasteiger partial charge on any atom is 0.259 e. The van der Waals surface area contributed by atoms with Crippen molar-refractivity contribution < 1.29 is 23.6 Å². The van der Waals surface area contributed by atoms with E-state index in [0.29, 0.717) is 50.2 Å². The molecule has 3 aliphatic rings. The lowest BCUT2D eigenvalue weighted by Gasteiger charge is -2.43. The average molecular weight is 669 g/mol. The second-order valence-corrected chi connectivity index (χ2v) is 14.2. The third kappa shape index (κ3) is 6.56. The Hall–Kier alpha value is -4.64. The molecule has 1 atom stereocenters. The van der Waals surface area contributed by atoms with Gasteiger partial charge in [-0.15, -0.1) is 0 Å². The second-order valence-electron chi connectivity index (χ2n) is 14.2. The number of hydrogen-bond acceptors (Lipinski definition) is 6. The lowest BCUT2D eigenvalue weighted by molar-refractivity contribution is -0.153. The normalized spacial score (nSPS) is 19.3. The first-order valence-electron chi connectivity index (χ1n) is 17.1. The monoisotopic (exact) mass is 668 g/mol. The van der Waals surface area contributed by atoms with Crippen LogP contribution in [-0.2, 0) is 50.5 Å². The van der Waals surface area contributed by atoms with Gasteiger partial charge in [-0.3, -0.25) is 19.2 Å². The van der Waals surface area contributed by atoms with Gasteiger partial charge < -0.3 is 25.8 Å². The SMILES string of the molecule is CCC1(C(=O)N(CC(=O)Nc2ccc3c(c2)C[C@@]2(C3)C(=O)Nc3ncccc32)Cc2ccccc2CNC)CCN(C(=O)C(C)(C)F)CC1. The zero-order chi connectivity index (χ0) is 35.0. The number of aromatic nitrogens is 1. The van der Waals surface area contributed by atoms with Crippen molar-refractivity contribution >= 4 is 35.1 Å². The number of carbonyl (C=O) groups is 4. The number of nitrogens with zero attached hydrogens (tertiary/aromatic N) is 3. The molecular weight excluding hydrogens is 623 g/mol. The minimum absolute atomic E-state index is 0.0656. The number of nitrogens with one attached hydrogen (secondary N) is 3. The van der Waals surface area contributed by atoms with Gasteiger partial charge in [0.05, 0.1) is 10.8 Å². The van der Waals surface area contributed by atoms with Gasteiger partial charge in [0.25, 0.3) is 5.91 Å². The number of amides is 4. The molecule has 11 heteroatoms. The van der Waals surface area contributed by atoms with Crippen molar-refractivity contribution in [2.24, 2.45) is 5.41 Å². The quantitative estimate of drug-likeness (QED) is 0.292. The van der Waals surface area contributed by atoms with Gasteiger partial charge in [0.2, 0.25) is 17.7 Å². The molecule has 49 heavy (non-hydrogen) atoms. The van der Waals surface area contributed by atoms with Crippen LogP contribution < -0.4 is 16.0 Å². The summed E-state index contributed by atoms with van der Waals surface area (Å²) in [5.41, 5.74) is 2.00. The molecule has 3 heterocycles. The molecule has 4 amide bonds. The van der Waals surface area contributed by atoms with Gasteiger partial charge in [0.1, 0.15) is 12.4 Å². The van der Waals surface area contributed by atoms with Crippen molar-refractivity contribution in [2.75, 3.05) is 37.3 Å². The lowest BCUT2D eigenvalue weighted by atomic mass is 9.74. The molecule has 2 aromatic carbocycles. The van der Waals surface area contributed by atoms with Gasteiger partial charge in [0, 0.05) is 43.6 Å². The second kappa shape index (κ2) is 13.3. The molecule has 2 aliphatic heterocycles. The molecule has 1 fully saturated rings. The van der Waals surface area contributed by atoms with E-state index in [-0.39, 0.29) is 43.9 Å². The summed E-state index contributed by atoms with van der Waals surface area (Å²) >= 11 is 0. The van der Waals surface area contributed by atoms with Crippen molar-refractivity contribution in [1.82, 2.24) is 20.1 Å². The number of rotatable bonds is 10. The molecule has 0 bridgehead atoms. The van der Waals surface area contributed by atoms with E-state index < -0.39 is 22.4 Å². The average Bonchev–Trinajstić information content (AvgIpc) is 3.60. The molecule has 1 saturated heterocycles. The van der Waals surface area contributed by atoms with Crippen LogP contribution in [0, 0.1) is 5.41 Å². The van der Waals surface area contributed by atoms with E-state index in [9.17, 15) is 23.6 Å². The topological polar surface area (TPSA) is 124 Å². The van der Waals surface area contributed by atoms with E-state index >= 15 is 0 Å². The molecule has 1 aromatic heterocycles. The van der Waals surface area contributed by atoms with E-state index in [1.165, 1.54) is 18.7 Å². The van der Waals surface area contributed by atoms with E-state index in [1.807, 2.05) is 68.6 Å². The highest BCUT2D eigenvalue weighted by atomic mass is 19.1. The van der Waals surface area contributed by atoms with Crippen LogP contribution in [0.1, 0.15) is 67.9 Å². The van der Waals surface area contributed by atoms with Crippen LogP contribution in [0.3, 0.4) is 0 Å². The highest BCUT2D eigenvalue weighted by molar-refractivity contribution is 6.06. The van der Waals surface area contributed by atoms with Gasteiger partial charge in [0.15, 0.2) is 5.67 Å². The molecule has 3 N–H and O–H groups in total. The number of likely N-dealkylation sites (tertiary alicyclic amines) is 1. The molecule has 3 aromatic rings.